The number of nitrogens with one attached hydrogen (secondary N) is 1. The number of carbonyl (C=O) groups excluding carboxylic acids is 1. The minimum atomic E-state index is -2.23. The van der Waals surface area contributed by atoms with E-state index in [0.29, 0.717) is 5.69 Å². The maximum Gasteiger partial charge on any atom is 0.412 e. The second kappa shape index (κ2) is 5.53. The molecule has 2 rings (SSSR count). The van der Waals surface area contributed by atoms with Crippen molar-refractivity contribution in [1.82, 2.24) is 0 Å². The van der Waals surface area contributed by atoms with Crippen molar-refractivity contribution in [3.8, 4) is 0 Å². The molecule has 0 saturated carbocycles. The molecule has 0 bridgehead atoms. The first-order valence-corrected chi connectivity index (χ1v) is 9.45. The standard InChI is InChI=1S/C14H19BrNO3P/c1-14(2,3)19-13(17)16-10-5-6-11(15)12(9-10)20(18)7-4-8-20/h5-6,9H,4,7-8H2,1-3H3,(H,16,17). The summed E-state index contributed by atoms with van der Waals surface area (Å²) in [6, 6.07) is 5.37. The fourth-order valence-corrected chi connectivity index (χ4v) is 5.44. The zero-order valence-corrected chi connectivity index (χ0v) is 14.4. The van der Waals surface area contributed by atoms with Gasteiger partial charge in [0, 0.05) is 27.8 Å². The highest BCUT2D eigenvalue weighted by Gasteiger charge is 2.34. The van der Waals surface area contributed by atoms with E-state index in [1.54, 1.807) is 12.1 Å². The average Bonchev–Trinajstić information content (AvgIpc) is 2.26. The van der Waals surface area contributed by atoms with Crippen molar-refractivity contribution in [2.75, 3.05) is 17.6 Å². The predicted octanol–water partition coefficient (Wildman–Crippen LogP) is 4.19. The van der Waals surface area contributed by atoms with Crippen molar-refractivity contribution in [3.05, 3.63) is 22.7 Å². The van der Waals surface area contributed by atoms with Crippen molar-refractivity contribution >= 4 is 40.2 Å². The summed E-state index contributed by atoms with van der Waals surface area (Å²) in [5.41, 5.74) is 0.0720. The quantitative estimate of drug-likeness (QED) is 0.805. The summed E-state index contributed by atoms with van der Waals surface area (Å²) >= 11 is 3.44. The molecule has 110 valence electrons. The highest BCUT2D eigenvalue weighted by molar-refractivity contribution is 9.10. The molecule has 0 aromatic heterocycles. The van der Waals surface area contributed by atoms with Crippen LogP contribution in [0.2, 0.25) is 0 Å². The SMILES string of the molecule is CC(C)(C)OC(=O)Nc1ccc(Br)c(P2(=O)CCC2)c1. The van der Waals surface area contributed by atoms with Crippen LogP contribution in [0.4, 0.5) is 10.5 Å². The first kappa shape index (κ1) is 15.6. The number of ether oxygens (including phenoxy) is 1. The van der Waals surface area contributed by atoms with E-state index < -0.39 is 18.8 Å². The highest BCUT2D eigenvalue weighted by Crippen LogP contribution is 2.55. The van der Waals surface area contributed by atoms with E-state index in [0.717, 1.165) is 28.5 Å². The molecule has 20 heavy (non-hydrogen) atoms. The molecule has 0 aliphatic carbocycles. The summed E-state index contributed by atoms with van der Waals surface area (Å²) < 4.78 is 18.6. The first-order chi connectivity index (χ1) is 9.20. The van der Waals surface area contributed by atoms with Crippen molar-refractivity contribution in [1.29, 1.82) is 0 Å². The number of carbonyl (C=O) groups is 1. The van der Waals surface area contributed by atoms with Gasteiger partial charge in [0.2, 0.25) is 0 Å². The van der Waals surface area contributed by atoms with Crippen LogP contribution in [-0.4, -0.2) is 24.0 Å². The van der Waals surface area contributed by atoms with Gasteiger partial charge in [-0.25, -0.2) is 4.79 Å². The van der Waals surface area contributed by atoms with Crippen LogP contribution in [0.1, 0.15) is 27.2 Å². The Bertz CT molecular complexity index is 572. The molecule has 1 fully saturated rings. The molecule has 0 spiro atoms. The molecule has 1 amide bonds. The van der Waals surface area contributed by atoms with Crippen LogP contribution in [0.3, 0.4) is 0 Å². The molecule has 1 aromatic carbocycles. The van der Waals surface area contributed by atoms with Gasteiger partial charge >= 0.3 is 6.09 Å². The molecule has 4 nitrogen and oxygen atoms in total. The number of hydrogen-bond acceptors (Lipinski definition) is 3. The molecule has 1 aliphatic heterocycles. The minimum Gasteiger partial charge on any atom is -0.444 e. The summed E-state index contributed by atoms with van der Waals surface area (Å²) in [6.07, 6.45) is 2.01. The Labute approximate surface area is 127 Å². The van der Waals surface area contributed by atoms with E-state index in [9.17, 15) is 9.36 Å². The molecule has 1 saturated heterocycles. The van der Waals surface area contributed by atoms with Gasteiger partial charge in [0.05, 0.1) is 0 Å². The van der Waals surface area contributed by atoms with Gasteiger partial charge in [-0.2, -0.15) is 0 Å². The van der Waals surface area contributed by atoms with Crippen molar-refractivity contribution in [3.63, 3.8) is 0 Å². The van der Waals surface area contributed by atoms with Crippen LogP contribution >= 0.6 is 23.1 Å². The summed E-state index contributed by atoms with van der Waals surface area (Å²) in [7, 11) is -2.23. The van der Waals surface area contributed by atoms with Gasteiger partial charge in [0.1, 0.15) is 12.7 Å². The monoisotopic (exact) mass is 359 g/mol. The molecule has 0 unspecified atom stereocenters. The Morgan fingerprint density at radius 2 is 2.00 bits per heavy atom. The lowest BCUT2D eigenvalue weighted by atomic mass is 10.2. The molecule has 1 aliphatic rings. The van der Waals surface area contributed by atoms with E-state index in [2.05, 4.69) is 21.2 Å². The average molecular weight is 360 g/mol. The fourth-order valence-electron chi connectivity index (χ4n) is 2.01. The van der Waals surface area contributed by atoms with E-state index in [4.69, 9.17) is 4.74 Å². The van der Waals surface area contributed by atoms with Gasteiger partial charge in [-0.05, 0) is 45.4 Å². The Morgan fingerprint density at radius 1 is 1.35 bits per heavy atom. The van der Waals surface area contributed by atoms with Gasteiger partial charge in [-0.3, -0.25) is 5.32 Å². The Hall–Kier alpha value is -0.800. The zero-order chi connectivity index (χ0) is 15.0. The van der Waals surface area contributed by atoms with Crippen LogP contribution in [0, 0.1) is 0 Å². The predicted molar refractivity (Wildman–Crippen MR) is 85.6 cm³/mol. The molecular formula is C14H19BrNO3P. The van der Waals surface area contributed by atoms with Gasteiger partial charge in [0.15, 0.2) is 0 Å². The number of anilines is 1. The molecule has 0 radical (unpaired) electrons. The Balaban J connectivity index is 2.16. The lowest BCUT2D eigenvalue weighted by Crippen LogP contribution is -2.28. The van der Waals surface area contributed by atoms with Crippen LogP contribution in [-0.2, 0) is 9.30 Å². The third-order valence-corrected chi connectivity index (χ3v) is 7.39. The molecule has 1 aromatic rings. The molecule has 0 atom stereocenters. The number of hydrogen-bond donors (Lipinski definition) is 1. The smallest absolute Gasteiger partial charge is 0.412 e. The second-order valence-corrected chi connectivity index (χ2v) is 9.99. The third-order valence-electron chi connectivity index (χ3n) is 3.07. The minimum absolute atomic E-state index is 0.502. The maximum atomic E-state index is 12.6. The number of amides is 1. The van der Waals surface area contributed by atoms with Crippen molar-refractivity contribution in [2.45, 2.75) is 32.8 Å². The number of benzene rings is 1. The summed E-state index contributed by atoms with van der Waals surface area (Å²) in [4.78, 5) is 11.7. The number of halogens is 1. The normalized spacial score (nSPS) is 17.2. The summed E-state index contributed by atoms with van der Waals surface area (Å²) in [5.74, 6) is 0. The lowest BCUT2D eigenvalue weighted by molar-refractivity contribution is 0.0636. The van der Waals surface area contributed by atoms with E-state index in [-0.39, 0.29) is 0 Å². The second-order valence-electron chi connectivity index (χ2n) is 5.98. The van der Waals surface area contributed by atoms with E-state index in [1.165, 1.54) is 0 Å². The van der Waals surface area contributed by atoms with Crippen molar-refractivity contribution < 1.29 is 14.1 Å². The lowest BCUT2D eigenvalue weighted by Gasteiger charge is -2.28. The molecule has 1 N–H and O–H groups in total. The number of rotatable bonds is 2. The topological polar surface area (TPSA) is 55.4 Å². The Morgan fingerprint density at radius 3 is 2.50 bits per heavy atom. The van der Waals surface area contributed by atoms with E-state index >= 15 is 0 Å². The summed E-state index contributed by atoms with van der Waals surface area (Å²) in [5, 5.41) is 3.50. The van der Waals surface area contributed by atoms with Crippen LogP contribution < -0.4 is 10.6 Å². The first-order valence-electron chi connectivity index (χ1n) is 6.58. The fraction of sp³-hybridized carbons (Fsp3) is 0.500. The summed E-state index contributed by atoms with van der Waals surface area (Å²) in [6.45, 7) is 5.43. The van der Waals surface area contributed by atoms with Crippen LogP contribution in [0.15, 0.2) is 22.7 Å². The molecule has 6 heteroatoms. The third kappa shape index (κ3) is 3.64. The van der Waals surface area contributed by atoms with E-state index in [1.807, 2.05) is 26.8 Å². The Kier molecular flexibility index (Phi) is 4.31. The maximum absolute atomic E-state index is 12.6. The molecule has 1 heterocycles. The van der Waals surface area contributed by atoms with Gasteiger partial charge in [-0.1, -0.05) is 15.9 Å². The zero-order valence-electron chi connectivity index (χ0n) is 11.9. The van der Waals surface area contributed by atoms with Gasteiger partial charge in [-0.15, -0.1) is 0 Å². The van der Waals surface area contributed by atoms with Crippen LogP contribution in [0.5, 0.6) is 0 Å². The largest absolute Gasteiger partial charge is 0.444 e. The molecular weight excluding hydrogens is 341 g/mol. The van der Waals surface area contributed by atoms with Gasteiger partial charge < -0.3 is 9.30 Å². The highest BCUT2D eigenvalue weighted by atomic mass is 79.9. The van der Waals surface area contributed by atoms with Crippen molar-refractivity contribution in [2.24, 2.45) is 0 Å². The van der Waals surface area contributed by atoms with Crippen LogP contribution in [0.25, 0.3) is 0 Å². The van der Waals surface area contributed by atoms with Gasteiger partial charge in [0.25, 0.3) is 0 Å².